The van der Waals surface area contributed by atoms with E-state index in [1.807, 2.05) is 46.9 Å². The van der Waals surface area contributed by atoms with Crippen molar-refractivity contribution in [3.05, 3.63) is 77.4 Å². The highest BCUT2D eigenvalue weighted by Crippen LogP contribution is 2.32. The van der Waals surface area contributed by atoms with E-state index in [4.69, 9.17) is 9.47 Å². The lowest BCUT2D eigenvalue weighted by molar-refractivity contribution is -0.130. The van der Waals surface area contributed by atoms with E-state index >= 15 is 0 Å². The third-order valence-electron chi connectivity index (χ3n) is 7.11. The van der Waals surface area contributed by atoms with Crippen molar-refractivity contribution in [1.82, 2.24) is 14.5 Å². The SMILES string of the molecule is COc1cc(/C=C2\CCCN(C(C)c3cccc(N4CCOCC4)c3)C2=O)ccc1-n1cnc(C)c1. The Morgan fingerprint density at radius 2 is 1.94 bits per heavy atom. The van der Waals surface area contributed by atoms with E-state index in [9.17, 15) is 4.79 Å². The Kier molecular flexibility index (Phi) is 7.09. The van der Waals surface area contributed by atoms with Gasteiger partial charge >= 0.3 is 0 Å². The summed E-state index contributed by atoms with van der Waals surface area (Å²) in [7, 11) is 1.67. The number of morpholine rings is 1. The number of hydrogen-bond donors (Lipinski definition) is 0. The summed E-state index contributed by atoms with van der Waals surface area (Å²) in [5, 5.41) is 0. The number of amides is 1. The fraction of sp³-hybridized carbons (Fsp3) is 0.379. The second-order valence-electron chi connectivity index (χ2n) is 9.50. The first-order valence-corrected chi connectivity index (χ1v) is 12.7. The van der Waals surface area contributed by atoms with Gasteiger partial charge in [-0.1, -0.05) is 18.2 Å². The lowest BCUT2D eigenvalue weighted by Gasteiger charge is -2.35. The highest BCUT2D eigenvalue weighted by Gasteiger charge is 2.28. The lowest BCUT2D eigenvalue weighted by Crippen LogP contribution is -2.39. The van der Waals surface area contributed by atoms with Gasteiger partial charge in [-0.25, -0.2) is 4.98 Å². The Morgan fingerprint density at radius 3 is 2.69 bits per heavy atom. The first kappa shape index (κ1) is 24.1. The standard InChI is InChI=1S/C29H34N4O3/c1-21-19-32(20-30-21)27-10-9-23(17-28(27)35-3)16-25-7-5-11-33(29(25)34)22(2)24-6-4-8-26(18-24)31-12-14-36-15-13-31/h4,6,8-10,16-20,22H,5,7,11-15H2,1-3H3/b25-16+. The van der Waals surface area contributed by atoms with Gasteiger partial charge in [-0.3, -0.25) is 4.79 Å². The maximum absolute atomic E-state index is 13.6. The van der Waals surface area contributed by atoms with Crippen molar-refractivity contribution in [1.29, 1.82) is 0 Å². The molecule has 3 heterocycles. The minimum Gasteiger partial charge on any atom is -0.495 e. The van der Waals surface area contributed by atoms with Crippen molar-refractivity contribution in [3.63, 3.8) is 0 Å². The van der Waals surface area contributed by atoms with Crippen LogP contribution in [0, 0.1) is 6.92 Å². The molecule has 1 amide bonds. The zero-order valence-corrected chi connectivity index (χ0v) is 21.3. The Bertz CT molecular complexity index is 1260. The predicted octanol–water partition coefficient (Wildman–Crippen LogP) is 4.79. The second kappa shape index (κ2) is 10.6. The summed E-state index contributed by atoms with van der Waals surface area (Å²) in [6.07, 6.45) is 7.49. The van der Waals surface area contributed by atoms with Crippen LogP contribution in [0.15, 0.2) is 60.6 Å². The van der Waals surface area contributed by atoms with E-state index in [0.717, 1.165) is 79.5 Å². The molecule has 0 radical (unpaired) electrons. The van der Waals surface area contributed by atoms with E-state index < -0.39 is 0 Å². The molecule has 36 heavy (non-hydrogen) atoms. The van der Waals surface area contributed by atoms with Crippen molar-refractivity contribution in [2.45, 2.75) is 32.7 Å². The molecule has 2 aliphatic heterocycles. The molecule has 3 aromatic rings. The Balaban J connectivity index is 1.36. The summed E-state index contributed by atoms with van der Waals surface area (Å²) in [4.78, 5) is 22.2. The molecule has 0 saturated carbocycles. The Morgan fingerprint density at radius 1 is 1.11 bits per heavy atom. The van der Waals surface area contributed by atoms with Gasteiger partial charge in [0.1, 0.15) is 5.75 Å². The van der Waals surface area contributed by atoms with Crippen LogP contribution in [-0.2, 0) is 9.53 Å². The number of carbonyl (C=O) groups excluding carboxylic acids is 1. The van der Waals surface area contributed by atoms with Crippen molar-refractivity contribution in [2.24, 2.45) is 0 Å². The molecule has 0 aliphatic carbocycles. The molecule has 7 heteroatoms. The second-order valence-corrected chi connectivity index (χ2v) is 9.50. The van der Waals surface area contributed by atoms with Crippen molar-refractivity contribution < 1.29 is 14.3 Å². The third kappa shape index (κ3) is 5.02. The van der Waals surface area contributed by atoms with Crippen LogP contribution in [0.25, 0.3) is 11.8 Å². The van der Waals surface area contributed by atoms with Crippen LogP contribution in [0.3, 0.4) is 0 Å². The summed E-state index contributed by atoms with van der Waals surface area (Å²) in [6, 6.07) is 14.6. The summed E-state index contributed by atoms with van der Waals surface area (Å²) in [6.45, 7) is 8.17. The molecule has 1 atom stereocenters. The van der Waals surface area contributed by atoms with Gasteiger partial charge in [0.15, 0.2) is 0 Å². The van der Waals surface area contributed by atoms with Gasteiger partial charge in [0.05, 0.1) is 44.1 Å². The Hall–Kier alpha value is -3.58. The lowest BCUT2D eigenvalue weighted by atomic mass is 9.97. The molecule has 2 aliphatic rings. The van der Waals surface area contributed by atoms with Crippen molar-refractivity contribution in [3.8, 4) is 11.4 Å². The van der Waals surface area contributed by atoms with Gasteiger partial charge in [-0.05, 0) is 68.2 Å². The predicted molar refractivity (Wildman–Crippen MR) is 142 cm³/mol. The van der Waals surface area contributed by atoms with Crippen LogP contribution in [0.4, 0.5) is 5.69 Å². The zero-order chi connectivity index (χ0) is 25.1. The number of aryl methyl sites for hydroxylation is 1. The molecule has 1 unspecified atom stereocenters. The van der Waals surface area contributed by atoms with Crippen LogP contribution >= 0.6 is 0 Å². The molecular weight excluding hydrogens is 452 g/mol. The van der Waals surface area contributed by atoms with Crippen molar-refractivity contribution in [2.75, 3.05) is 44.9 Å². The van der Waals surface area contributed by atoms with Crippen molar-refractivity contribution >= 4 is 17.7 Å². The number of imidazole rings is 1. The average molecular weight is 487 g/mol. The molecule has 2 fully saturated rings. The summed E-state index contributed by atoms with van der Waals surface area (Å²) in [5.41, 5.74) is 6.02. The Labute approximate surface area is 213 Å². The fourth-order valence-corrected chi connectivity index (χ4v) is 5.07. The van der Waals surface area contributed by atoms with E-state index in [-0.39, 0.29) is 11.9 Å². The number of nitrogens with zero attached hydrogens (tertiary/aromatic N) is 4. The molecule has 5 rings (SSSR count). The number of methoxy groups -OCH3 is 1. The zero-order valence-electron chi connectivity index (χ0n) is 21.3. The first-order chi connectivity index (χ1) is 17.5. The quantitative estimate of drug-likeness (QED) is 0.469. The van der Waals surface area contributed by atoms with E-state index in [0.29, 0.717) is 0 Å². The maximum Gasteiger partial charge on any atom is 0.250 e. The molecule has 0 N–H and O–H groups in total. The van der Waals surface area contributed by atoms with Gasteiger partial charge in [0, 0.05) is 37.1 Å². The molecule has 2 saturated heterocycles. The number of rotatable bonds is 6. The molecule has 7 nitrogen and oxygen atoms in total. The highest BCUT2D eigenvalue weighted by atomic mass is 16.5. The van der Waals surface area contributed by atoms with Crippen LogP contribution in [-0.4, -0.2) is 60.3 Å². The van der Waals surface area contributed by atoms with Crippen LogP contribution in [0.5, 0.6) is 5.75 Å². The fourth-order valence-electron chi connectivity index (χ4n) is 5.07. The van der Waals surface area contributed by atoms with Gasteiger partial charge in [-0.15, -0.1) is 0 Å². The van der Waals surface area contributed by atoms with E-state index in [2.05, 4.69) is 41.1 Å². The molecule has 188 valence electrons. The highest BCUT2D eigenvalue weighted by molar-refractivity contribution is 5.98. The number of carbonyl (C=O) groups is 1. The molecule has 0 bridgehead atoms. The topological polar surface area (TPSA) is 59.8 Å². The number of aromatic nitrogens is 2. The molecule has 0 spiro atoms. The minimum atomic E-state index is 0.00332. The largest absolute Gasteiger partial charge is 0.495 e. The normalized spacial score (nSPS) is 18.5. The van der Waals surface area contributed by atoms with E-state index in [1.165, 1.54) is 5.69 Å². The first-order valence-electron chi connectivity index (χ1n) is 12.7. The van der Waals surface area contributed by atoms with Crippen LogP contribution < -0.4 is 9.64 Å². The van der Waals surface area contributed by atoms with Crippen LogP contribution in [0.1, 0.15) is 42.6 Å². The van der Waals surface area contributed by atoms with Crippen LogP contribution in [0.2, 0.25) is 0 Å². The average Bonchev–Trinajstić information content (AvgIpc) is 3.36. The summed E-state index contributed by atoms with van der Waals surface area (Å²) in [5.74, 6) is 0.856. The number of likely N-dealkylation sites (tertiary alicyclic amines) is 1. The number of hydrogen-bond acceptors (Lipinski definition) is 5. The summed E-state index contributed by atoms with van der Waals surface area (Å²) < 4.78 is 13.1. The number of benzene rings is 2. The number of piperidine rings is 1. The number of ether oxygens (including phenoxy) is 2. The molecule has 2 aromatic carbocycles. The van der Waals surface area contributed by atoms with Gasteiger partial charge in [0.25, 0.3) is 0 Å². The smallest absolute Gasteiger partial charge is 0.250 e. The molecule has 1 aromatic heterocycles. The monoisotopic (exact) mass is 486 g/mol. The molecular formula is C29H34N4O3. The summed E-state index contributed by atoms with van der Waals surface area (Å²) >= 11 is 0. The van der Waals surface area contributed by atoms with Gasteiger partial charge in [-0.2, -0.15) is 0 Å². The van der Waals surface area contributed by atoms with Gasteiger partial charge in [0.2, 0.25) is 5.91 Å². The third-order valence-corrected chi connectivity index (χ3v) is 7.11. The van der Waals surface area contributed by atoms with E-state index in [1.54, 1.807) is 13.4 Å². The minimum absolute atomic E-state index is 0.00332. The maximum atomic E-state index is 13.6. The number of anilines is 1. The van der Waals surface area contributed by atoms with Gasteiger partial charge < -0.3 is 23.8 Å².